The average molecular weight is 380 g/mol. The van der Waals surface area contributed by atoms with Crippen molar-refractivity contribution in [1.29, 1.82) is 0 Å². The molecule has 0 aromatic carbocycles. The molecule has 1 unspecified atom stereocenters. The molecule has 0 saturated heterocycles. The van der Waals surface area contributed by atoms with Crippen LogP contribution in [0.1, 0.15) is 20.3 Å². The van der Waals surface area contributed by atoms with Crippen molar-refractivity contribution in [2.75, 3.05) is 7.05 Å². The number of carbonyl (C=O) groups is 1. The van der Waals surface area contributed by atoms with Crippen molar-refractivity contribution in [2.24, 2.45) is 12.5 Å². The fourth-order valence-electron chi connectivity index (χ4n) is 3.83. The van der Waals surface area contributed by atoms with Crippen LogP contribution in [0, 0.1) is 5.41 Å². The van der Waals surface area contributed by atoms with E-state index < -0.39 is 0 Å². The maximum absolute atomic E-state index is 12.0. The zero-order valence-corrected chi connectivity index (χ0v) is 16.5. The van der Waals surface area contributed by atoms with Crippen molar-refractivity contribution in [3.05, 3.63) is 43.5 Å². The first-order valence-corrected chi connectivity index (χ1v) is 9.20. The molecule has 28 heavy (non-hydrogen) atoms. The van der Waals surface area contributed by atoms with Gasteiger partial charge in [-0.2, -0.15) is 10.2 Å². The first-order chi connectivity index (χ1) is 13.3. The number of amides is 1. The van der Waals surface area contributed by atoms with Gasteiger partial charge in [0.1, 0.15) is 11.6 Å². The molecule has 3 heterocycles. The summed E-state index contributed by atoms with van der Waals surface area (Å²) in [5, 5.41) is 8.56. The monoisotopic (exact) mass is 380 g/mol. The van der Waals surface area contributed by atoms with Crippen LogP contribution >= 0.6 is 0 Å². The lowest BCUT2D eigenvalue weighted by Gasteiger charge is -2.54. The summed E-state index contributed by atoms with van der Waals surface area (Å²) in [5.74, 6) is 0.458. The minimum atomic E-state index is -0.212. The van der Waals surface area contributed by atoms with E-state index in [0.717, 1.165) is 23.2 Å². The normalized spacial score (nSPS) is 20.6. The molecule has 1 aliphatic rings. The van der Waals surface area contributed by atoms with E-state index in [-0.39, 0.29) is 23.5 Å². The van der Waals surface area contributed by atoms with Gasteiger partial charge in [-0.05, 0) is 12.1 Å². The van der Waals surface area contributed by atoms with E-state index in [1.165, 1.54) is 6.08 Å². The number of ether oxygens (including phenoxy) is 1. The Kier molecular flexibility index (Phi) is 4.21. The molecule has 3 aromatic rings. The Bertz CT molecular complexity index is 1050. The predicted molar refractivity (Wildman–Crippen MR) is 105 cm³/mol. The van der Waals surface area contributed by atoms with Crippen molar-refractivity contribution in [3.63, 3.8) is 0 Å². The maximum atomic E-state index is 12.0. The van der Waals surface area contributed by atoms with Gasteiger partial charge in [0, 0.05) is 43.7 Å². The number of nitrogens with zero attached hydrogens (tertiary/aromatic N) is 6. The average Bonchev–Trinajstić information content (AvgIpc) is 3.32. The molecule has 0 N–H and O–H groups in total. The van der Waals surface area contributed by atoms with Crippen LogP contribution in [0.2, 0.25) is 0 Å². The van der Waals surface area contributed by atoms with E-state index >= 15 is 0 Å². The van der Waals surface area contributed by atoms with Gasteiger partial charge >= 0.3 is 0 Å². The summed E-state index contributed by atoms with van der Waals surface area (Å²) in [5.41, 5.74) is 2.23. The summed E-state index contributed by atoms with van der Waals surface area (Å²) in [6.07, 6.45) is 9.28. The smallest absolute Gasteiger partial charge is 0.245 e. The van der Waals surface area contributed by atoms with E-state index in [9.17, 15) is 4.79 Å². The van der Waals surface area contributed by atoms with Gasteiger partial charge in [-0.25, -0.2) is 9.50 Å². The number of carbonyl (C=O) groups excluding carboxylic acids is 1. The lowest BCUT2D eigenvalue weighted by atomic mass is 9.64. The molecule has 1 saturated carbocycles. The zero-order chi connectivity index (χ0) is 20.1. The van der Waals surface area contributed by atoms with Crippen LogP contribution in [0.25, 0.3) is 16.8 Å². The van der Waals surface area contributed by atoms with Crippen LogP contribution in [0.15, 0.2) is 43.5 Å². The molecule has 0 bridgehead atoms. The third-order valence-corrected chi connectivity index (χ3v) is 5.73. The Labute approximate surface area is 163 Å². The number of hydrogen-bond acceptors (Lipinski definition) is 5. The number of likely N-dealkylation sites (N-methyl/N-ethyl adjacent to an activating group) is 1. The summed E-state index contributed by atoms with van der Waals surface area (Å²) >= 11 is 0. The maximum Gasteiger partial charge on any atom is 0.245 e. The molecule has 1 aliphatic carbocycles. The van der Waals surface area contributed by atoms with Crippen LogP contribution < -0.4 is 4.74 Å². The highest BCUT2D eigenvalue weighted by Gasteiger charge is 2.53. The molecule has 1 amide bonds. The standard InChI is InChI=1S/C20H24N6O2/c1-6-18(27)25(5)16-9-17(20(16,2)3)28-19-15-7-8-21-26(15)12-14(23-19)13-10-22-24(4)11-13/h6-8,10-12,16-17H,1,9H2,2-5H3/t16?,17-/m0/s1. The molecule has 0 aliphatic heterocycles. The highest BCUT2D eigenvalue weighted by atomic mass is 16.5. The van der Waals surface area contributed by atoms with Gasteiger partial charge in [0.15, 0.2) is 0 Å². The second-order valence-corrected chi connectivity index (χ2v) is 7.83. The molecular formula is C20H24N6O2. The topological polar surface area (TPSA) is 77.6 Å². The van der Waals surface area contributed by atoms with Crippen LogP contribution in [0.3, 0.4) is 0 Å². The van der Waals surface area contributed by atoms with Gasteiger partial charge in [0.25, 0.3) is 0 Å². The summed E-state index contributed by atoms with van der Waals surface area (Å²) in [7, 11) is 3.68. The summed E-state index contributed by atoms with van der Waals surface area (Å²) in [6, 6.07) is 1.97. The molecule has 3 aromatic heterocycles. The minimum absolute atomic E-state index is 0.0621. The van der Waals surface area contributed by atoms with E-state index in [1.54, 1.807) is 26.5 Å². The van der Waals surface area contributed by atoms with Gasteiger partial charge in [-0.15, -0.1) is 0 Å². The SMILES string of the molecule is C=CC(=O)N(C)C1C[C@H](Oc2nc(-c3cnn(C)c3)cn3nccc23)C1(C)C. The Morgan fingerprint density at radius 3 is 2.82 bits per heavy atom. The van der Waals surface area contributed by atoms with Crippen LogP contribution in [-0.4, -0.2) is 54.4 Å². The van der Waals surface area contributed by atoms with E-state index in [2.05, 4.69) is 30.6 Å². The molecule has 8 heteroatoms. The summed E-state index contributed by atoms with van der Waals surface area (Å²) in [6.45, 7) is 7.79. The molecular weight excluding hydrogens is 356 g/mol. The van der Waals surface area contributed by atoms with Crippen LogP contribution in [0.4, 0.5) is 0 Å². The molecule has 0 radical (unpaired) electrons. The Hall–Kier alpha value is -3.16. The molecule has 146 valence electrons. The highest BCUT2D eigenvalue weighted by molar-refractivity contribution is 5.87. The Balaban J connectivity index is 1.63. The van der Waals surface area contributed by atoms with Gasteiger partial charge in [-0.1, -0.05) is 20.4 Å². The van der Waals surface area contributed by atoms with Crippen molar-refractivity contribution < 1.29 is 9.53 Å². The largest absolute Gasteiger partial charge is 0.472 e. The molecule has 8 nitrogen and oxygen atoms in total. The molecule has 0 spiro atoms. The quantitative estimate of drug-likeness (QED) is 0.635. The van der Waals surface area contributed by atoms with Crippen molar-refractivity contribution in [2.45, 2.75) is 32.4 Å². The van der Waals surface area contributed by atoms with Crippen molar-refractivity contribution in [1.82, 2.24) is 29.3 Å². The third kappa shape index (κ3) is 2.85. The number of aryl methyl sites for hydroxylation is 1. The van der Waals surface area contributed by atoms with Gasteiger partial charge < -0.3 is 9.64 Å². The Morgan fingerprint density at radius 1 is 1.39 bits per heavy atom. The number of fused-ring (bicyclic) bond motifs is 1. The predicted octanol–water partition coefficient (Wildman–Crippen LogP) is 2.32. The molecule has 4 rings (SSSR count). The zero-order valence-electron chi connectivity index (χ0n) is 16.5. The van der Waals surface area contributed by atoms with Crippen molar-refractivity contribution >= 4 is 11.4 Å². The van der Waals surface area contributed by atoms with Gasteiger partial charge in [0.05, 0.1) is 24.3 Å². The van der Waals surface area contributed by atoms with E-state index in [4.69, 9.17) is 9.72 Å². The van der Waals surface area contributed by atoms with Crippen LogP contribution in [0.5, 0.6) is 5.88 Å². The summed E-state index contributed by atoms with van der Waals surface area (Å²) in [4.78, 5) is 18.4. The number of hydrogen-bond donors (Lipinski definition) is 0. The molecule has 2 atom stereocenters. The highest BCUT2D eigenvalue weighted by Crippen LogP contribution is 2.46. The number of rotatable bonds is 5. The van der Waals surface area contributed by atoms with E-state index in [1.807, 2.05) is 32.6 Å². The summed E-state index contributed by atoms with van der Waals surface area (Å²) < 4.78 is 9.84. The van der Waals surface area contributed by atoms with Gasteiger partial charge in [-0.3, -0.25) is 9.48 Å². The lowest BCUT2D eigenvalue weighted by molar-refractivity contribution is -0.144. The molecule has 1 fully saturated rings. The van der Waals surface area contributed by atoms with Crippen molar-refractivity contribution in [3.8, 4) is 17.1 Å². The minimum Gasteiger partial charge on any atom is -0.472 e. The second kappa shape index (κ2) is 6.47. The lowest BCUT2D eigenvalue weighted by Crippen LogP contribution is -2.63. The van der Waals surface area contributed by atoms with Crippen LogP contribution in [-0.2, 0) is 11.8 Å². The fourth-order valence-corrected chi connectivity index (χ4v) is 3.83. The first-order valence-electron chi connectivity index (χ1n) is 9.20. The Morgan fingerprint density at radius 2 is 2.18 bits per heavy atom. The number of aromatic nitrogens is 5. The first kappa shape index (κ1) is 18.2. The van der Waals surface area contributed by atoms with Gasteiger partial charge in [0.2, 0.25) is 11.8 Å². The van der Waals surface area contributed by atoms with E-state index in [0.29, 0.717) is 5.88 Å². The fraction of sp³-hybridized carbons (Fsp3) is 0.400. The third-order valence-electron chi connectivity index (χ3n) is 5.73. The second-order valence-electron chi connectivity index (χ2n) is 7.83.